The molecule has 0 aliphatic carbocycles. The van der Waals surface area contributed by atoms with E-state index in [0.29, 0.717) is 11.4 Å². The van der Waals surface area contributed by atoms with Crippen molar-refractivity contribution in [1.82, 2.24) is 14.9 Å². The third-order valence-electron chi connectivity index (χ3n) is 3.63. The van der Waals surface area contributed by atoms with Gasteiger partial charge in [0.1, 0.15) is 5.76 Å². The molecule has 1 aromatic carbocycles. The first-order valence-corrected chi connectivity index (χ1v) is 9.65. The number of aromatic nitrogens is 2. The Morgan fingerprint density at radius 2 is 1.92 bits per heavy atom. The molecule has 138 valence electrons. The van der Waals surface area contributed by atoms with Crippen molar-refractivity contribution >= 4 is 10.0 Å². The summed E-state index contributed by atoms with van der Waals surface area (Å²) in [5, 5.41) is 3.99. The Morgan fingerprint density at radius 3 is 2.58 bits per heavy atom. The van der Waals surface area contributed by atoms with Gasteiger partial charge in [-0.3, -0.25) is 0 Å². The molecule has 2 aromatic heterocycles. The molecule has 0 saturated carbocycles. The van der Waals surface area contributed by atoms with Crippen molar-refractivity contribution in [1.29, 1.82) is 0 Å². The van der Waals surface area contributed by atoms with Crippen LogP contribution in [-0.2, 0) is 10.0 Å². The Balaban J connectivity index is 1.90. The highest BCUT2D eigenvalue weighted by atomic mass is 32.2. The lowest BCUT2D eigenvalue weighted by molar-refractivity contribution is 0.413. The number of hydrogen-bond acceptors (Lipinski definition) is 6. The third kappa shape index (κ3) is 4.03. The molecule has 0 saturated heterocycles. The van der Waals surface area contributed by atoms with E-state index in [1.54, 1.807) is 45.2 Å². The second kappa shape index (κ2) is 6.69. The van der Waals surface area contributed by atoms with E-state index in [0.717, 1.165) is 5.76 Å². The lowest BCUT2D eigenvalue weighted by atomic mass is 10.1. The molecule has 7 nitrogen and oxygen atoms in total. The summed E-state index contributed by atoms with van der Waals surface area (Å²) in [7, 11) is -3.65. The van der Waals surface area contributed by atoms with E-state index >= 15 is 0 Å². The van der Waals surface area contributed by atoms with Crippen molar-refractivity contribution in [2.45, 2.75) is 44.0 Å². The van der Waals surface area contributed by atoms with Gasteiger partial charge in [0, 0.05) is 11.1 Å². The number of rotatable bonds is 5. The SMILES string of the molecule is CC(c1noc(-c2cccc(S(=O)(=O)NC(C)(C)C)c2)n1)c1ccco1. The molecular weight excluding hydrogens is 354 g/mol. The number of benzene rings is 1. The fourth-order valence-corrected chi connectivity index (χ4v) is 3.92. The van der Waals surface area contributed by atoms with Crippen molar-refractivity contribution < 1.29 is 17.4 Å². The van der Waals surface area contributed by atoms with E-state index in [9.17, 15) is 8.42 Å². The molecule has 0 spiro atoms. The number of nitrogens with one attached hydrogen (secondary N) is 1. The third-order valence-corrected chi connectivity index (χ3v) is 5.39. The topological polar surface area (TPSA) is 98.2 Å². The lowest BCUT2D eigenvalue weighted by Gasteiger charge is -2.20. The summed E-state index contributed by atoms with van der Waals surface area (Å²) < 4.78 is 38.3. The molecule has 3 aromatic rings. The zero-order valence-electron chi connectivity index (χ0n) is 15.1. The summed E-state index contributed by atoms with van der Waals surface area (Å²) in [5.41, 5.74) is -0.0440. The van der Waals surface area contributed by atoms with E-state index in [2.05, 4.69) is 14.9 Å². The Labute approximate surface area is 152 Å². The summed E-state index contributed by atoms with van der Waals surface area (Å²) in [4.78, 5) is 4.52. The maximum absolute atomic E-state index is 12.5. The van der Waals surface area contributed by atoms with Gasteiger partial charge in [0.2, 0.25) is 10.0 Å². The molecule has 3 rings (SSSR count). The number of hydrogen-bond donors (Lipinski definition) is 1. The number of furan rings is 1. The fourth-order valence-electron chi connectivity index (χ4n) is 2.45. The van der Waals surface area contributed by atoms with Crippen molar-refractivity contribution in [3.63, 3.8) is 0 Å². The van der Waals surface area contributed by atoms with Gasteiger partial charge >= 0.3 is 0 Å². The molecule has 0 radical (unpaired) electrons. The predicted octanol–water partition coefficient (Wildman–Crippen LogP) is 3.56. The minimum absolute atomic E-state index is 0.142. The van der Waals surface area contributed by atoms with Crippen LogP contribution in [0.2, 0.25) is 0 Å². The Kier molecular flexibility index (Phi) is 4.72. The molecular formula is C18H21N3O4S. The van der Waals surface area contributed by atoms with Crippen LogP contribution >= 0.6 is 0 Å². The van der Waals surface area contributed by atoms with Crippen LogP contribution < -0.4 is 4.72 Å². The van der Waals surface area contributed by atoms with Crippen LogP contribution in [0.3, 0.4) is 0 Å². The average molecular weight is 375 g/mol. The molecule has 0 amide bonds. The average Bonchev–Trinajstić information content (AvgIpc) is 3.24. The molecule has 1 unspecified atom stereocenters. The molecule has 26 heavy (non-hydrogen) atoms. The molecule has 0 bridgehead atoms. The summed E-state index contributed by atoms with van der Waals surface area (Å²) in [5.74, 6) is 1.28. The normalized spacial score (nSPS) is 13.7. The lowest BCUT2D eigenvalue weighted by Crippen LogP contribution is -2.40. The summed E-state index contributed by atoms with van der Waals surface area (Å²) in [6.07, 6.45) is 1.59. The van der Waals surface area contributed by atoms with E-state index in [4.69, 9.17) is 8.94 Å². The van der Waals surface area contributed by atoms with Crippen LogP contribution in [-0.4, -0.2) is 24.1 Å². The van der Waals surface area contributed by atoms with Crippen LogP contribution in [0.4, 0.5) is 0 Å². The van der Waals surface area contributed by atoms with Crippen LogP contribution in [0.15, 0.2) is 56.5 Å². The zero-order chi connectivity index (χ0) is 18.9. The number of nitrogens with zero attached hydrogens (tertiary/aromatic N) is 2. The quantitative estimate of drug-likeness (QED) is 0.732. The van der Waals surface area contributed by atoms with E-state index in [1.807, 2.05) is 13.0 Å². The second-order valence-electron chi connectivity index (χ2n) is 7.08. The molecule has 8 heteroatoms. The maximum Gasteiger partial charge on any atom is 0.257 e. The molecule has 1 atom stereocenters. The van der Waals surface area contributed by atoms with Crippen molar-refractivity contribution in [2.24, 2.45) is 0 Å². The van der Waals surface area contributed by atoms with Crippen LogP contribution in [0.25, 0.3) is 11.5 Å². The van der Waals surface area contributed by atoms with Gasteiger partial charge in [-0.1, -0.05) is 11.2 Å². The number of sulfonamides is 1. The highest BCUT2D eigenvalue weighted by Gasteiger charge is 2.23. The molecule has 0 aliphatic rings. The maximum atomic E-state index is 12.5. The van der Waals surface area contributed by atoms with Crippen LogP contribution in [0, 0.1) is 0 Å². The first-order valence-electron chi connectivity index (χ1n) is 8.17. The highest BCUT2D eigenvalue weighted by Crippen LogP contribution is 2.26. The minimum atomic E-state index is -3.65. The van der Waals surface area contributed by atoms with E-state index in [1.165, 1.54) is 12.1 Å². The molecule has 2 heterocycles. The zero-order valence-corrected chi connectivity index (χ0v) is 15.9. The van der Waals surface area contributed by atoms with Gasteiger partial charge in [-0.2, -0.15) is 4.98 Å². The summed E-state index contributed by atoms with van der Waals surface area (Å²) >= 11 is 0. The Morgan fingerprint density at radius 1 is 1.15 bits per heavy atom. The Bertz CT molecular complexity index is 986. The summed E-state index contributed by atoms with van der Waals surface area (Å²) in [6, 6.07) is 10.1. The largest absolute Gasteiger partial charge is 0.469 e. The van der Waals surface area contributed by atoms with E-state index in [-0.39, 0.29) is 16.7 Å². The van der Waals surface area contributed by atoms with Gasteiger partial charge in [0.25, 0.3) is 5.89 Å². The van der Waals surface area contributed by atoms with Crippen LogP contribution in [0.1, 0.15) is 45.2 Å². The molecule has 0 aliphatic heterocycles. The predicted molar refractivity (Wildman–Crippen MR) is 96.0 cm³/mol. The van der Waals surface area contributed by atoms with Gasteiger partial charge < -0.3 is 8.94 Å². The minimum Gasteiger partial charge on any atom is -0.469 e. The highest BCUT2D eigenvalue weighted by molar-refractivity contribution is 7.89. The van der Waals surface area contributed by atoms with Gasteiger partial charge in [-0.15, -0.1) is 0 Å². The Hall–Kier alpha value is -2.45. The summed E-state index contributed by atoms with van der Waals surface area (Å²) in [6.45, 7) is 7.26. The van der Waals surface area contributed by atoms with Gasteiger partial charge in [0.05, 0.1) is 17.1 Å². The monoisotopic (exact) mass is 375 g/mol. The standard InChI is InChI=1S/C18H21N3O4S/c1-12(15-9-6-10-24-15)16-19-17(25-20-16)13-7-5-8-14(11-13)26(22,23)21-18(2,3)4/h5-12,21H,1-4H3. The molecule has 0 fully saturated rings. The fraction of sp³-hybridized carbons (Fsp3) is 0.333. The van der Waals surface area contributed by atoms with E-state index < -0.39 is 15.6 Å². The van der Waals surface area contributed by atoms with Gasteiger partial charge in [-0.25, -0.2) is 13.1 Å². The molecule has 1 N–H and O–H groups in total. The smallest absolute Gasteiger partial charge is 0.257 e. The van der Waals surface area contributed by atoms with Crippen molar-refractivity contribution in [3.05, 3.63) is 54.2 Å². The van der Waals surface area contributed by atoms with Crippen molar-refractivity contribution in [2.75, 3.05) is 0 Å². The van der Waals surface area contributed by atoms with Gasteiger partial charge in [-0.05, 0) is 58.0 Å². The first-order chi connectivity index (χ1) is 12.2. The van der Waals surface area contributed by atoms with Crippen molar-refractivity contribution in [3.8, 4) is 11.5 Å². The van der Waals surface area contributed by atoms with Gasteiger partial charge in [0.15, 0.2) is 5.82 Å². The second-order valence-corrected chi connectivity index (χ2v) is 8.76. The first kappa shape index (κ1) is 18.3. The van der Waals surface area contributed by atoms with Crippen LogP contribution in [0.5, 0.6) is 0 Å².